The molecule has 2 N–H and O–H groups in total. The van der Waals surface area contributed by atoms with Gasteiger partial charge in [-0.05, 0) is 44.4 Å². The van der Waals surface area contributed by atoms with Gasteiger partial charge in [0.2, 0.25) is 6.29 Å². The van der Waals surface area contributed by atoms with E-state index in [1.807, 2.05) is 12.5 Å². The highest BCUT2D eigenvalue weighted by atomic mass is 16.7. The molecule has 0 radical (unpaired) electrons. The van der Waals surface area contributed by atoms with E-state index in [0.29, 0.717) is 25.3 Å². The minimum atomic E-state index is -0.987. The summed E-state index contributed by atoms with van der Waals surface area (Å²) in [6, 6.07) is 0.452. The van der Waals surface area contributed by atoms with Crippen molar-refractivity contribution in [2.45, 2.75) is 85.0 Å². The maximum atomic E-state index is 11.8. The van der Waals surface area contributed by atoms with E-state index in [9.17, 15) is 19.5 Å². The van der Waals surface area contributed by atoms with Crippen LogP contribution in [0.25, 0.3) is 0 Å². The molecule has 2 atom stereocenters. The van der Waals surface area contributed by atoms with Crippen molar-refractivity contribution in [2.24, 2.45) is 17.8 Å². The fourth-order valence-corrected chi connectivity index (χ4v) is 3.85. The van der Waals surface area contributed by atoms with Crippen LogP contribution in [0, 0.1) is 17.8 Å². The van der Waals surface area contributed by atoms with E-state index in [1.165, 1.54) is 19.8 Å². The van der Waals surface area contributed by atoms with E-state index < -0.39 is 30.2 Å². The molecule has 0 spiro atoms. The number of hydrogen-bond donors (Lipinski definition) is 2. The van der Waals surface area contributed by atoms with Crippen molar-refractivity contribution in [1.29, 1.82) is 0 Å². The van der Waals surface area contributed by atoms with E-state index in [1.54, 1.807) is 13.8 Å². The summed E-state index contributed by atoms with van der Waals surface area (Å²) in [4.78, 5) is 39.4. The monoisotopic (exact) mass is 451 g/mol. The summed E-state index contributed by atoms with van der Waals surface area (Å²) in [5.41, 5.74) is 0.782. The van der Waals surface area contributed by atoms with Crippen molar-refractivity contribution in [3.05, 3.63) is 18.2 Å². The van der Waals surface area contributed by atoms with E-state index >= 15 is 0 Å². The third-order valence-corrected chi connectivity index (χ3v) is 5.89. The zero-order valence-electron chi connectivity index (χ0n) is 19.6. The topological polar surface area (TPSA) is 120 Å². The minimum Gasteiger partial charge on any atom is -0.481 e. The van der Waals surface area contributed by atoms with Gasteiger partial charge in [0, 0.05) is 32.1 Å². The van der Waals surface area contributed by atoms with Gasteiger partial charge >= 0.3 is 18.0 Å². The predicted octanol–water partition coefficient (Wildman–Crippen LogP) is 3.93. The number of carboxylic acid groups (broad SMARTS) is 1. The highest BCUT2D eigenvalue weighted by Gasteiger charge is 2.23. The van der Waals surface area contributed by atoms with Crippen molar-refractivity contribution < 1.29 is 29.0 Å². The Kier molecular flexibility index (Phi) is 9.99. The van der Waals surface area contributed by atoms with E-state index in [0.717, 1.165) is 24.5 Å². The van der Waals surface area contributed by atoms with Crippen LogP contribution in [0.1, 0.15) is 78.0 Å². The second-order valence-electron chi connectivity index (χ2n) is 9.10. The first-order valence-corrected chi connectivity index (χ1v) is 11.6. The molecule has 1 fully saturated rings. The van der Waals surface area contributed by atoms with E-state index in [2.05, 4.69) is 21.8 Å². The smallest absolute Gasteiger partial charge is 0.410 e. The molecule has 1 aromatic rings. The van der Waals surface area contributed by atoms with Crippen molar-refractivity contribution in [3.63, 3.8) is 0 Å². The zero-order chi connectivity index (χ0) is 23.7. The fourth-order valence-electron chi connectivity index (χ4n) is 3.85. The standard InChI is InChI=1S/C23H37N3O6/c1-15(2)22(29)31-17(4)32-23(30)24-11-5-6-18(21(27)28)12-19-13-26(14-25-19)20-9-7-16(3)8-10-20/h13-18,20H,5-12H2,1-4H3,(H,24,30)(H,27,28)/t16-,17-,18+,20-/m1/s1. The Hall–Kier alpha value is -2.58. The van der Waals surface area contributed by atoms with Crippen molar-refractivity contribution in [2.75, 3.05) is 6.54 Å². The van der Waals surface area contributed by atoms with Crippen LogP contribution in [0.3, 0.4) is 0 Å². The van der Waals surface area contributed by atoms with Gasteiger partial charge in [0.15, 0.2) is 0 Å². The fraction of sp³-hybridized carbons (Fsp3) is 0.739. The Labute approximate surface area is 189 Å². The van der Waals surface area contributed by atoms with Crippen LogP contribution >= 0.6 is 0 Å². The zero-order valence-corrected chi connectivity index (χ0v) is 19.6. The number of ether oxygens (including phenoxy) is 2. The number of esters is 1. The van der Waals surface area contributed by atoms with Gasteiger partial charge in [0.1, 0.15) is 0 Å². The molecule has 0 unspecified atom stereocenters. The number of carboxylic acids is 1. The highest BCUT2D eigenvalue weighted by Crippen LogP contribution is 2.31. The Balaban J connectivity index is 1.72. The lowest BCUT2D eigenvalue weighted by Crippen LogP contribution is -2.32. The Morgan fingerprint density at radius 2 is 1.88 bits per heavy atom. The van der Waals surface area contributed by atoms with Crippen molar-refractivity contribution >= 4 is 18.0 Å². The molecule has 2 rings (SSSR count). The first-order valence-electron chi connectivity index (χ1n) is 11.6. The van der Waals surface area contributed by atoms with Gasteiger partial charge in [-0.2, -0.15) is 0 Å². The number of aliphatic carboxylic acids is 1. The number of hydrogen-bond acceptors (Lipinski definition) is 6. The van der Waals surface area contributed by atoms with Crippen LogP contribution in [0.15, 0.2) is 12.5 Å². The van der Waals surface area contributed by atoms with E-state index in [-0.39, 0.29) is 12.5 Å². The number of nitrogens with zero attached hydrogens (tertiary/aromatic N) is 2. The third kappa shape index (κ3) is 8.51. The largest absolute Gasteiger partial charge is 0.481 e. The summed E-state index contributed by atoms with van der Waals surface area (Å²) in [5.74, 6) is -1.43. The van der Waals surface area contributed by atoms with Crippen LogP contribution < -0.4 is 5.32 Å². The number of imidazole rings is 1. The number of alkyl carbamates (subject to hydrolysis) is 1. The van der Waals surface area contributed by atoms with Gasteiger partial charge in [-0.1, -0.05) is 20.8 Å². The first-order chi connectivity index (χ1) is 15.2. The van der Waals surface area contributed by atoms with Gasteiger partial charge in [-0.3, -0.25) is 9.59 Å². The van der Waals surface area contributed by atoms with Crippen LogP contribution in [0.5, 0.6) is 0 Å². The lowest BCUT2D eigenvalue weighted by atomic mass is 9.87. The number of rotatable bonds is 11. The minimum absolute atomic E-state index is 0.266. The molecule has 1 aromatic heterocycles. The van der Waals surface area contributed by atoms with Gasteiger partial charge in [0.25, 0.3) is 0 Å². The molecule has 180 valence electrons. The van der Waals surface area contributed by atoms with E-state index in [4.69, 9.17) is 9.47 Å². The average molecular weight is 452 g/mol. The number of nitrogens with one attached hydrogen (secondary N) is 1. The molecule has 1 aliphatic carbocycles. The van der Waals surface area contributed by atoms with Crippen LogP contribution in [-0.4, -0.2) is 45.5 Å². The quantitative estimate of drug-likeness (QED) is 0.297. The summed E-state index contributed by atoms with van der Waals surface area (Å²) >= 11 is 0. The third-order valence-electron chi connectivity index (χ3n) is 5.89. The molecular formula is C23H37N3O6. The summed E-state index contributed by atoms with van der Waals surface area (Å²) < 4.78 is 12.1. The van der Waals surface area contributed by atoms with Gasteiger partial charge in [0.05, 0.1) is 23.9 Å². The molecule has 1 saturated carbocycles. The number of amides is 1. The maximum absolute atomic E-state index is 11.8. The Bertz CT molecular complexity index is 755. The highest BCUT2D eigenvalue weighted by molar-refractivity contribution is 5.72. The van der Waals surface area contributed by atoms with Crippen LogP contribution in [-0.2, 0) is 25.5 Å². The van der Waals surface area contributed by atoms with Crippen molar-refractivity contribution in [1.82, 2.24) is 14.9 Å². The molecule has 1 amide bonds. The molecule has 0 aromatic carbocycles. The summed E-state index contributed by atoms with van der Waals surface area (Å²) in [7, 11) is 0. The molecule has 9 nitrogen and oxygen atoms in total. The van der Waals surface area contributed by atoms with Crippen LogP contribution in [0.2, 0.25) is 0 Å². The molecule has 0 saturated heterocycles. The molecule has 0 aliphatic heterocycles. The maximum Gasteiger partial charge on any atom is 0.410 e. The summed E-state index contributed by atoms with van der Waals surface area (Å²) in [6.45, 7) is 7.39. The second kappa shape index (κ2) is 12.5. The number of carbonyl (C=O) groups is 3. The number of carbonyl (C=O) groups excluding carboxylic acids is 2. The lowest BCUT2D eigenvalue weighted by Gasteiger charge is -2.26. The van der Waals surface area contributed by atoms with Gasteiger partial charge in [-0.25, -0.2) is 9.78 Å². The molecule has 0 bridgehead atoms. The van der Waals surface area contributed by atoms with Gasteiger partial charge < -0.3 is 24.5 Å². The van der Waals surface area contributed by atoms with Crippen molar-refractivity contribution in [3.8, 4) is 0 Å². The Morgan fingerprint density at radius 1 is 1.19 bits per heavy atom. The first kappa shape index (κ1) is 25.7. The average Bonchev–Trinajstić information content (AvgIpc) is 3.19. The Morgan fingerprint density at radius 3 is 2.50 bits per heavy atom. The van der Waals surface area contributed by atoms with Crippen LogP contribution in [0.4, 0.5) is 4.79 Å². The number of aromatic nitrogens is 2. The lowest BCUT2D eigenvalue weighted by molar-refractivity contribution is -0.168. The summed E-state index contributed by atoms with van der Waals surface area (Å²) in [5, 5.41) is 12.1. The molecular weight excluding hydrogens is 414 g/mol. The normalized spacial score (nSPS) is 20.4. The molecule has 9 heteroatoms. The second-order valence-corrected chi connectivity index (χ2v) is 9.10. The molecule has 1 aliphatic rings. The molecule has 1 heterocycles. The SMILES string of the molecule is CC(C)C(=O)O[C@@H](C)OC(=O)NCCC[C@@H](Cc1cn([C@H]2CC[C@H](C)CC2)cn1)C(=O)O. The molecule has 32 heavy (non-hydrogen) atoms. The summed E-state index contributed by atoms with van der Waals surface area (Å²) in [6.07, 6.45) is 8.04. The van der Waals surface area contributed by atoms with Gasteiger partial charge in [-0.15, -0.1) is 0 Å². The predicted molar refractivity (Wildman–Crippen MR) is 118 cm³/mol.